The summed E-state index contributed by atoms with van der Waals surface area (Å²) in [7, 11) is 2.23. The summed E-state index contributed by atoms with van der Waals surface area (Å²) < 4.78 is 0. The summed E-state index contributed by atoms with van der Waals surface area (Å²) in [4.78, 5) is 9.77. The van der Waals surface area contributed by atoms with Gasteiger partial charge in [0.2, 0.25) is 0 Å². The topological polar surface area (TPSA) is 19.4 Å². The molecule has 3 heterocycles. The minimum Gasteiger partial charge on any atom is -0.352 e. The summed E-state index contributed by atoms with van der Waals surface area (Å²) in [5, 5.41) is 1.14. The van der Waals surface area contributed by atoms with Crippen LogP contribution >= 0.6 is 11.8 Å². The molecular weight excluding hydrogens is 242 g/mol. The van der Waals surface area contributed by atoms with Crippen LogP contribution in [0.15, 0.2) is 17.2 Å². The molecule has 98 valence electrons. The molecule has 0 N–H and O–H groups in total. The van der Waals surface area contributed by atoms with Crippen LogP contribution in [0, 0.1) is 12.8 Å². The summed E-state index contributed by atoms with van der Waals surface area (Å²) in [5.74, 6) is 2.03. The van der Waals surface area contributed by atoms with E-state index in [4.69, 9.17) is 4.98 Å². The normalized spacial score (nSPS) is 27.8. The van der Waals surface area contributed by atoms with Gasteiger partial charge in [0.05, 0.1) is 5.03 Å². The number of anilines is 1. The highest BCUT2D eigenvalue weighted by atomic mass is 32.2. The van der Waals surface area contributed by atoms with Gasteiger partial charge in [-0.15, -0.1) is 11.8 Å². The Balaban J connectivity index is 1.88. The zero-order valence-corrected chi connectivity index (χ0v) is 12.2. The molecule has 0 unspecified atom stereocenters. The summed E-state index contributed by atoms with van der Waals surface area (Å²) in [6, 6.07) is 5.09. The first kappa shape index (κ1) is 12.3. The quantitative estimate of drug-likeness (QED) is 0.762. The Bertz CT molecular complexity index is 449. The molecule has 0 bridgehead atoms. The molecule has 4 heteroatoms. The molecule has 0 amide bonds. The maximum atomic E-state index is 4.79. The highest BCUT2D eigenvalue weighted by molar-refractivity contribution is 7.98. The Morgan fingerprint density at radius 3 is 2.94 bits per heavy atom. The number of nitrogens with zero attached hydrogens (tertiary/aromatic N) is 3. The number of fused-ring (bicyclic) bond motifs is 1. The van der Waals surface area contributed by atoms with E-state index in [0.717, 1.165) is 10.9 Å². The van der Waals surface area contributed by atoms with Gasteiger partial charge in [0.15, 0.2) is 0 Å². The maximum absolute atomic E-state index is 4.79. The van der Waals surface area contributed by atoms with Crippen molar-refractivity contribution in [2.45, 2.75) is 24.4 Å². The van der Waals surface area contributed by atoms with Crippen LogP contribution < -0.4 is 4.90 Å². The smallest absolute Gasteiger partial charge is 0.130 e. The third kappa shape index (κ3) is 2.12. The number of hydrogen-bond acceptors (Lipinski definition) is 4. The lowest BCUT2D eigenvalue weighted by atomic mass is 10.1. The number of likely N-dealkylation sites (N-methyl/N-ethyl adjacent to an activating group) is 1. The SMILES string of the molecule is CSc1cc(C)cc(N2CC[C@@H]3CN(C)C[C@@H]32)n1. The number of pyridine rings is 1. The average Bonchev–Trinajstić information content (AvgIpc) is 2.86. The van der Waals surface area contributed by atoms with E-state index in [1.54, 1.807) is 11.8 Å². The van der Waals surface area contributed by atoms with Crippen molar-refractivity contribution in [1.82, 2.24) is 9.88 Å². The van der Waals surface area contributed by atoms with Crippen LogP contribution in [0.3, 0.4) is 0 Å². The molecule has 2 atom stereocenters. The van der Waals surface area contributed by atoms with Crippen molar-refractivity contribution < 1.29 is 0 Å². The number of likely N-dealkylation sites (tertiary alicyclic amines) is 1. The van der Waals surface area contributed by atoms with Crippen LogP contribution in [0.5, 0.6) is 0 Å². The molecule has 3 rings (SSSR count). The van der Waals surface area contributed by atoms with Crippen LogP contribution in [0.4, 0.5) is 5.82 Å². The highest BCUT2D eigenvalue weighted by Gasteiger charge is 2.40. The van der Waals surface area contributed by atoms with Crippen LogP contribution in [-0.2, 0) is 0 Å². The van der Waals surface area contributed by atoms with E-state index >= 15 is 0 Å². The summed E-state index contributed by atoms with van der Waals surface area (Å²) in [6.07, 6.45) is 3.42. The molecule has 0 aromatic carbocycles. The molecule has 2 fully saturated rings. The fourth-order valence-electron chi connectivity index (χ4n) is 3.33. The number of aromatic nitrogens is 1. The Hall–Kier alpha value is -0.740. The molecule has 18 heavy (non-hydrogen) atoms. The van der Waals surface area contributed by atoms with E-state index in [1.165, 1.54) is 37.4 Å². The van der Waals surface area contributed by atoms with Crippen molar-refractivity contribution in [2.24, 2.45) is 5.92 Å². The fourth-order valence-corrected chi connectivity index (χ4v) is 3.81. The van der Waals surface area contributed by atoms with Gasteiger partial charge in [-0.25, -0.2) is 4.98 Å². The Morgan fingerprint density at radius 2 is 2.17 bits per heavy atom. The average molecular weight is 263 g/mol. The lowest BCUT2D eigenvalue weighted by molar-refractivity contribution is 0.386. The van der Waals surface area contributed by atoms with Crippen molar-refractivity contribution in [3.8, 4) is 0 Å². The van der Waals surface area contributed by atoms with E-state index in [9.17, 15) is 0 Å². The second-order valence-corrected chi connectivity index (χ2v) is 6.40. The molecule has 2 aliphatic rings. The first-order chi connectivity index (χ1) is 8.67. The molecule has 1 aromatic heterocycles. The number of rotatable bonds is 2. The first-order valence-electron chi connectivity index (χ1n) is 6.65. The van der Waals surface area contributed by atoms with E-state index in [2.05, 4.69) is 42.2 Å². The Labute approximate surface area is 114 Å². The number of hydrogen-bond donors (Lipinski definition) is 0. The van der Waals surface area contributed by atoms with E-state index in [0.29, 0.717) is 6.04 Å². The van der Waals surface area contributed by atoms with Gasteiger partial charge in [0.25, 0.3) is 0 Å². The lowest BCUT2D eigenvalue weighted by Crippen LogP contribution is -2.35. The van der Waals surface area contributed by atoms with Gasteiger partial charge >= 0.3 is 0 Å². The zero-order chi connectivity index (χ0) is 12.7. The van der Waals surface area contributed by atoms with Crippen LogP contribution in [0.25, 0.3) is 0 Å². The second kappa shape index (κ2) is 4.74. The molecule has 2 saturated heterocycles. The third-order valence-electron chi connectivity index (χ3n) is 4.17. The first-order valence-corrected chi connectivity index (χ1v) is 7.87. The molecule has 2 aliphatic heterocycles. The van der Waals surface area contributed by atoms with Gasteiger partial charge in [-0.1, -0.05) is 0 Å². The van der Waals surface area contributed by atoms with Crippen molar-refractivity contribution in [3.63, 3.8) is 0 Å². The standard InChI is InChI=1S/C14H21N3S/c1-10-6-13(15-14(7-10)18-3)17-5-4-11-8-16(2)9-12(11)17/h6-7,11-12H,4-5,8-9H2,1-3H3/t11-,12+/m1/s1. The second-order valence-electron chi connectivity index (χ2n) is 5.58. The summed E-state index contributed by atoms with van der Waals surface area (Å²) >= 11 is 1.73. The Morgan fingerprint density at radius 1 is 1.33 bits per heavy atom. The molecule has 1 aromatic rings. The highest BCUT2D eigenvalue weighted by Crippen LogP contribution is 2.34. The van der Waals surface area contributed by atoms with Crippen LogP contribution in [0.1, 0.15) is 12.0 Å². The van der Waals surface area contributed by atoms with Gasteiger partial charge in [0, 0.05) is 25.7 Å². The van der Waals surface area contributed by atoms with E-state index < -0.39 is 0 Å². The van der Waals surface area contributed by atoms with Gasteiger partial charge < -0.3 is 9.80 Å². The largest absolute Gasteiger partial charge is 0.352 e. The van der Waals surface area contributed by atoms with Crippen molar-refractivity contribution in [2.75, 3.05) is 37.8 Å². The number of thioether (sulfide) groups is 1. The summed E-state index contributed by atoms with van der Waals surface area (Å²) in [5.41, 5.74) is 1.32. The minimum atomic E-state index is 0.680. The molecule has 0 spiro atoms. The minimum absolute atomic E-state index is 0.680. The van der Waals surface area contributed by atoms with Gasteiger partial charge in [0.1, 0.15) is 5.82 Å². The van der Waals surface area contributed by atoms with Gasteiger partial charge in [-0.05, 0) is 50.3 Å². The maximum Gasteiger partial charge on any atom is 0.130 e. The zero-order valence-electron chi connectivity index (χ0n) is 11.4. The molecular formula is C14H21N3S. The van der Waals surface area contributed by atoms with Crippen molar-refractivity contribution in [3.05, 3.63) is 17.7 Å². The number of aryl methyl sites for hydroxylation is 1. The fraction of sp³-hybridized carbons (Fsp3) is 0.643. The van der Waals surface area contributed by atoms with Crippen LogP contribution in [-0.4, -0.2) is 48.9 Å². The molecule has 0 radical (unpaired) electrons. The third-order valence-corrected chi connectivity index (χ3v) is 4.79. The lowest BCUT2D eigenvalue weighted by Gasteiger charge is -2.26. The van der Waals surface area contributed by atoms with Gasteiger partial charge in [-0.2, -0.15) is 0 Å². The van der Waals surface area contributed by atoms with Crippen molar-refractivity contribution in [1.29, 1.82) is 0 Å². The van der Waals surface area contributed by atoms with E-state index in [1.807, 2.05) is 0 Å². The van der Waals surface area contributed by atoms with Crippen molar-refractivity contribution >= 4 is 17.6 Å². The molecule has 3 nitrogen and oxygen atoms in total. The molecule has 0 aliphatic carbocycles. The monoisotopic (exact) mass is 263 g/mol. The van der Waals surface area contributed by atoms with Gasteiger partial charge in [-0.3, -0.25) is 0 Å². The predicted molar refractivity (Wildman–Crippen MR) is 77.5 cm³/mol. The molecule has 0 saturated carbocycles. The summed E-state index contributed by atoms with van der Waals surface area (Å²) in [6.45, 7) is 5.78. The Kier molecular flexibility index (Phi) is 3.24. The van der Waals surface area contributed by atoms with E-state index in [-0.39, 0.29) is 0 Å². The van der Waals surface area contributed by atoms with Crippen LogP contribution in [0.2, 0.25) is 0 Å². The predicted octanol–water partition coefficient (Wildman–Crippen LogP) is 2.25.